The Hall–Kier alpha value is -2.09. The summed E-state index contributed by atoms with van der Waals surface area (Å²) >= 11 is 0. The van der Waals surface area contributed by atoms with Gasteiger partial charge >= 0.3 is 12.1 Å². The molecule has 1 aromatic rings. The average Bonchev–Trinajstić information content (AvgIpc) is 2.60. The van der Waals surface area contributed by atoms with Crippen LogP contribution in [-0.2, 0) is 20.5 Å². The molecule has 8 heteroatoms. The molecule has 0 spiro atoms. The van der Waals surface area contributed by atoms with E-state index in [0.717, 1.165) is 12.1 Å². The van der Waals surface area contributed by atoms with Crippen LogP contribution in [0, 0.1) is 5.92 Å². The Morgan fingerprint density at radius 1 is 1.20 bits per heavy atom. The van der Waals surface area contributed by atoms with E-state index in [0.29, 0.717) is 31.6 Å². The fourth-order valence-electron chi connectivity index (χ4n) is 2.84. The number of hydrogen-bond donors (Lipinski definition) is 1. The first-order valence-electron chi connectivity index (χ1n) is 8.02. The molecule has 0 aliphatic carbocycles. The molecule has 1 amide bonds. The van der Waals surface area contributed by atoms with Crippen molar-refractivity contribution in [2.75, 3.05) is 25.5 Å². The summed E-state index contributed by atoms with van der Waals surface area (Å²) in [6, 6.07) is 3.89. The Balaban J connectivity index is 1.89. The Morgan fingerprint density at radius 3 is 2.24 bits per heavy atom. The summed E-state index contributed by atoms with van der Waals surface area (Å²) in [5.74, 6) is -0.677. The van der Waals surface area contributed by atoms with E-state index in [1.54, 1.807) is 6.92 Å². The number of esters is 1. The molecule has 1 atom stereocenters. The Morgan fingerprint density at radius 2 is 1.76 bits per heavy atom. The zero-order valence-corrected chi connectivity index (χ0v) is 14.1. The van der Waals surface area contributed by atoms with E-state index in [4.69, 9.17) is 4.74 Å². The van der Waals surface area contributed by atoms with Crippen molar-refractivity contribution >= 4 is 17.6 Å². The minimum Gasteiger partial charge on any atom is -0.469 e. The second-order valence-electron chi connectivity index (χ2n) is 6.07. The van der Waals surface area contributed by atoms with Gasteiger partial charge < -0.3 is 10.1 Å². The van der Waals surface area contributed by atoms with Crippen molar-refractivity contribution in [3.63, 3.8) is 0 Å². The monoisotopic (exact) mass is 358 g/mol. The lowest BCUT2D eigenvalue weighted by atomic mass is 9.96. The van der Waals surface area contributed by atoms with Crippen LogP contribution in [0.4, 0.5) is 18.9 Å². The largest absolute Gasteiger partial charge is 0.469 e. The van der Waals surface area contributed by atoms with Gasteiger partial charge in [0.05, 0.1) is 24.6 Å². The van der Waals surface area contributed by atoms with Gasteiger partial charge in [-0.1, -0.05) is 0 Å². The first kappa shape index (κ1) is 19.2. The number of benzene rings is 1. The third-order valence-corrected chi connectivity index (χ3v) is 4.47. The molecule has 0 saturated carbocycles. The second-order valence-corrected chi connectivity index (χ2v) is 6.07. The molecule has 0 aromatic heterocycles. The number of hydrogen-bond acceptors (Lipinski definition) is 4. The smallest absolute Gasteiger partial charge is 0.416 e. The molecule has 0 bridgehead atoms. The lowest BCUT2D eigenvalue weighted by Gasteiger charge is -2.34. The first-order chi connectivity index (χ1) is 11.7. The van der Waals surface area contributed by atoms with E-state index in [2.05, 4.69) is 5.32 Å². The van der Waals surface area contributed by atoms with E-state index in [-0.39, 0.29) is 17.8 Å². The average molecular weight is 358 g/mol. The molecule has 0 radical (unpaired) electrons. The number of anilines is 1. The molecule has 1 aliphatic rings. The standard InChI is InChI=1S/C17H21F3N2O3/c1-11(22-9-7-12(8-10-22)16(24)25-2)15(23)21-14-5-3-13(4-6-14)17(18,19)20/h3-6,11-12H,7-10H2,1-2H3,(H,21,23)/t11-/m1/s1. The molecule has 1 aliphatic heterocycles. The van der Waals surface area contributed by atoms with Gasteiger partial charge in [0.25, 0.3) is 0 Å². The topological polar surface area (TPSA) is 58.6 Å². The van der Waals surface area contributed by atoms with Gasteiger partial charge in [0, 0.05) is 5.69 Å². The third-order valence-electron chi connectivity index (χ3n) is 4.47. The molecular weight excluding hydrogens is 337 g/mol. The minimum absolute atomic E-state index is 0.147. The van der Waals surface area contributed by atoms with Crippen LogP contribution < -0.4 is 5.32 Å². The number of piperidine rings is 1. The normalized spacial score (nSPS) is 17.8. The van der Waals surface area contributed by atoms with Crippen LogP contribution in [0.1, 0.15) is 25.3 Å². The number of ether oxygens (including phenoxy) is 1. The van der Waals surface area contributed by atoms with Crippen molar-refractivity contribution < 1.29 is 27.5 Å². The molecular formula is C17H21F3N2O3. The summed E-state index contributed by atoms with van der Waals surface area (Å²) < 4.78 is 42.3. The molecule has 138 valence electrons. The summed E-state index contributed by atoms with van der Waals surface area (Å²) in [6.07, 6.45) is -3.17. The highest BCUT2D eigenvalue weighted by molar-refractivity contribution is 5.94. The zero-order valence-electron chi connectivity index (χ0n) is 14.1. The predicted molar refractivity (Wildman–Crippen MR) is 85.8 cm³/mol. The highest BCUT2D eigenvalue weighted by Gasteiger charge is 2.31. The number of carbonyl (C=O) groups excluding carboxylic acids is 2. The van der Waals surface area contributed by atoms with Crippen LogP contribution in [0.15, 0.2) is 24.3 Å². The van der Waals surface area contributed by atoms with E-state index in [9.17, 15) is 22.8 Å². The number of carbonyl (C=O) groups is 2. The van der Waals surface area contributed by atoms with Crippen LogP contribution in [0.5, 0.6) is 0 Å². The van der Waals surface area contributed by atoms with Gasteiger partial charge in [-0.25, -0.2) is 0 Å². The predicted octanol–water partition coefficient (Wildman–Crippen LogP) is 2.92. The number of rotatable bonds is 4. The maximum absolute atomic E-state index is 12.5. The van der Waals surface area contributed by atoms with Crippen LogP contribution in [0.2, 0.25) is 0 Å². The summed E-state index contributed by atoms with van der Waals surface area (Å²) in [5, 5.41) is 2.62. The Labute approximate surface area is 144 Å². The van der Waals surface area contributed by atoms with E-state index >= 15 is 0 Å². The van der Waals surface area contributed by atoms with Crippen molar-refractivity contribution in [1.29, 1.82) is 0 Å². The fraction of sp³-hybridized carbons (Fsp3) is 0.529. The maximum atomic E-state index is 12.5. The van der Waals surface area contributed by atoms with Crippen LogP contribution in [0.3, 0.4) is 0 Å². The number of halogens is 3. The molecule has 0 unspecified atom stereocenters. The van der Waals surface area contributed by atoms with Gasteiger partial charge in [-0.2, -0.15) is 13.2 Å². The molecule has 1 aromatic carbocycles. The van der Waals surface area contributed by atoms with Gasteiger partial charge in [0.1, 0.15) is 0 Å². The molecule has 1 saturated heterocycles. The van der Waals surface area contributed by atoms with Crippen LogP contribution >= 0.6 is 0 Å². The van der Waals surface area contributed by atoms with Gasteiger partial charge in [0.2, 0.25) is 5.91 Å². The molecule has 1 N–H and O–H groups in total. The Kier molecular flexibility index (Phi) is 6.05. The summed E-state index contributed by atoms with van der Waals surface area (Å²) in [6.45, 7) is 2.90. The molecule has 1 fully saturated rings. The number of alkyl halides is 3. The SMILES string of the molecule is COC(=O)C1CCN([C@H](C)C(=O)Nc2ccc(C(F)(F)F)cc2)CC1. The molecule has 2 rings (SSSR count). The maximum Gasteiger partial charge on any atom is 0.416 e. The first-order valence-corrected chi connectivity index (χ1v) is 8.02. The minimum atomic E-state index is -4.40. The highest BCUT2D eigenvalue weighted by Crippen LogP contribution is 2.30. The summed E-state index contributed by atoms with van der Waals surface area (Å²) in [5.41, 5.74) is -0.447. The highest BCUT2D eigenvalue weighted by atomic mass is 19.4. The van der Waals surface area contributed by atoms with Gasteiger partial charge in [-0.15, -0.1) is 0 Å². The molecule has 25 heavy (non-hydrogen) atoms. The van der Waals surface area contributed by atoms with Crippen molar-refractivity contribution in [2.45, 2.75) is 32.0 Å². The van der Waals surface area contributed by atoms with E-state index in [1.165, 1.54) is 19.2 Å². The molecule has 1 heterocycles. The Bertz CT molecular complexity index is 609. The van der Waals surface area contributed by atoms with Gasteiger partial charge in [0.15, 0.2) is 0 Å². The lowest BCUT2D eigenvalue weighted by molar-refractivity contribution is -0.147. The van der Waals surface area contributed by atoms with Gasteiger partial charge in [-0.05, 0) is 57.1 Å². The van der Waals surface area contributed by atoms with Gasteiger partial charge in [-0.3, -0.25) is 14.5 Å². The number of nitrogens with one attached hydrogen (secondary N) is 1. The van der Waals surface area contributed by atoms with E-state index in [1.807, 2.05) is 4.90 Å². The van der Waals surface area contributed by atoms with Crippen molar-refractivity contribution in [3.8, 4) is 0 Å². The van der Waals surface area contributed by atoms with Crippen LogP contribution in [-0.4, -0.2) is 43.0 Å². The zero-order chi connectivity index (χ0) is 18.6. The van der Waals surface area contributed by atoms with Crippen molar-refractivity contribution in [2.24, 2.45) is 5.92 Å². The number of amides is 1. The molecule has 5 nitrogen and oxygen atoms in total. The van der Waals surface area contributed by atoms with Crippen molar-refractivity contribution in [1.82, 2.24) is 4.90 Å². The quantitative estimate of drug-likeness (QED) is 0.841. The second kappa shape index (κ2) is 7.86. The summed E-state index contributed by atoms with van der Waals surface area (Å²) in [4.78, 5) is 25.8. The van der Waals surface area contributed by atoms with Crippen LogP contribution in [0.25, 0.3) is 0 Å². The number of methoxy groups -OCH3 is 1. The van der Waals surface area contributed by atoms with E-state index < -0.39 is 17.8 Å². The van der Waals surface area contributed by atoms with Crippen molar-refractivity contribution in [3.05, 3.63) is 29.8 Å². The fourth-order valence-corrected chi connectivity index (χ4v) is 2.84. The third kappa shape index (κ3) is 4.94. The summed E-state index contributed by atoms with van der Waals surface area (Å²) in [7, 11) is 1.36. The number of nitrogens with zero attached hydrogens (tertiary/aromatic N) is 1. The lowest BCUT2D eigenvalue weighted by Crippen LogP contribution is -2.47. The number of likely N-dealkylation sites (tertiary alicyclic amines) is 1.